The molecule has 1 aliphatic heterocycles. The van der Waals surface area contributed by atoms with E-state index in [-0.39, 0.29) is 23.9 Å². The summed E-state index contributed by atoms with van der Waals surface area (Å²) in [5, 5.41) is 9.41. The van der Waals surface area contributed by atoms with Gasteiger partial charge < -0.3 is 20.9 Å². The number of likely N-dealkylation sites (tertiary alicyclic amines) is 1. The van der Waals surface area contributed by atoms with E-state index >= 15 is 0 Å². The molecular weight excluding hydrogens is 292 g/mol. The number of hydrogen-bond donors (Lipinski definition) is 3. The topological polar surface area (TPSA) is 73.5 Å². The highest BCUT2D eigenvalue weighted by Crippen LogP contribution is 2.20. The molecule has 2 aliphatic rings. The zero-order valence-corrected chi connectivity index (χ0v) is 14.6. The Kier molecular flexibility index (Phi) is 7.15. The van der Waals surface area contributed by atoms with Crippen molar-refractivity contribution in [1.29, 1.82) is 0 Å². The molecule has 6 nitrogen and oxygen atoms in total. The van der Waals surface area contributed by atoms with Gasteiger partial charge >= 0.3 is 6.03 Å². The Balaban J connectivity index is 1.75. The summed E-state index contributed by atoms with van der Waals surface area (Å²) >= 11 is 0. The van der Waals surface area contributed by atoms with Crippen LogP contribution in [0.4, 0.5) is 4.79 Å². The second-order valence-corrected chi connectivity index (χ2v) is 6.92. The summed E-state index contributed by atoms with van der Waals surface area (Å²) in [5.41, 5.74) is 0. The van der Waals surface area contributed by atoms with Gasteiger partial charge in [0.1, 0.15) is 0 Å². The van der Waals surface area contributed by atoms with E-state index in [1.165, 1.54) is 12.8 Å². The summed E-state index contributed by atoms with van der Waals surface area (Å²) in [6.45, 7) is 6.95. The third-order valence-corrected chi connectivity index (χ3v) is 4.90. The Morgan fingerprint density at radius 3 is 2.61 bits per heavy atom. The van der Waals surface area contributed by atoms with Crippen molar-refractivity contribution < 1.29 is 9.59 Å². The first-order chi connectivity index (χ1) is 11.1. The predicted octanol–water partition coefficient (Wildman–Crippen LogP) is 1.46. The van der Waals surface area contributed by atoms with Gasteiger partial charge in [-0.15, -0.1) is 0 Å². The Morgan fingerprint density at radius 2 is 1.91 bits per heavy atom. The molecular formula is C17H32N4O2. The van der Waals surface area contributed by atoms with E-state index in [0.29, 0.717) is 19.1 Å². The fourth-order valence-electron chi connectivity index (χ4n) is 3.53. The van der Waals surface area contributed by atoms with Gasteiger partial charge in [-0.2, -0.15) is 0 Å². The summed E-state index contributed by atoms with van der Waals surface area (Å²) in [6, 6.07) is 0.613. The lowest BCUT2D eigenvalue weighted by Gasteiger charge is -2.33. The molecule has 0 aromatic carbocycles. The molecule has 0 aromatic heterocycles. The molecule has 1 heterocycles. The summed E-state index contributed by atoms with van der Waals surface area (Å²) in [7, 11) is 0. The fourth-order valence-corrected chi connectivity index (χ4v) is 3.53. The molecule has 23 heavy (non-hydrogen) atoms. The minimum Gasteiger partial charge on any atom is -0.354 e. The number of amides is 3. The van der Waals surface area contributed by atoms with Crippen molar-refractivity contribution in [3.05, 3.63) is 0 Å². The molecule has 1 unspecified atom stereocenters. The van der Waals surface area contributed by atoms with Crippen LogP contribution >= 0.6 is 0 Å². The number of likely N-dealkylation sites (N-methyl/N-ethyl adjacent to an activating group) is 1. The first-order valence-corrected chi connectivity index (χ1v) is 9.16. The maximum atomic E-state index is 12.3. The Hall–Kier alpha value is -1.30. The van der Waals surface area contributed by atoms with E-state index in [4.69, 9.17) is 0 Å². The second-order valence-electron chi connectivity index (χ2n) is 6.92. The fraction of sp³-hybridized carbons (Fsp3) is 0.882. The third kappa shape index (κ3) is 5.68. The van der Waals surface area contributed by atoms with Crippen LogP contribution in [0.3, 0.4) is 0 Å². The van der Waals surface area contributed by atoms with Gasteiger partial charge in [0.15, 0.2) is 0 Å². The molecule has 132 valence electrons. The average Bonchev–Trinajstić information content (AvgIpc) is 3.06. The highest BCUT2D eigenvalue weighted by Gasteiger charge is 2.29. The predicted molar refractivity (Wildman–Crippen MR) is 91.2 cm³/mol. The standard InChI is InChI=1S/C17H32N4O2/c1-3-18-13(2)11-19-16(22)14-7-6-10-21(12-14)17(23)20-15-8-4-5-9-15/h13-15,18H,3-12H2,1-2H3,(H,19,22)(H,20,23)/t13-,14?/m1/s1. The van der Waals surface area contributed by atoms with Gasteiger partial charge in [0.25, 0.3) is 0 Å². The number of rotatable bonds is 6. The smallest absolute Gasteiger partial charge is 0.317 e. The zero-order valence-electron chi connectivity index (χ0n) is 14.6. The minimum absolute atomic E-state index is 0.00965. The molecule has 0 aromatic rings. The van der Waals surface area contributed by atoms with Gasteiger partial charge in [0.2, 0.25) is 5.91 Å². The molecule has 1 saturated heterocycles. The number of hydrogen-bond acceptors (Lipinski definition) is 3. The summed E-state index contributed by atoms with van der Waals surface area (Å²) in [4.78, 5) is 26.5. The van der Waals surface area contributed by atoms with Crippen LogP contribution in [-0.4, -0.2) is 55.1 Å². The van der Waals surface area contributed by atoms with E-state index in [1.54, 1.807) is 0 Å². The number of urea groups is 1. The highest BCUT2D eigenvalue weighted by atomic mass is 16.2. The van der Waals surface area contributed by atoms with E-state index in [1.807, 2.05) is 4.90 Å². The molecule has 0 bridgehead atoms. The molecule has 3 amide bonds. The Labute approximate surface area is 139 Å². The normalized spacial score (nSPS) is 23.6. The first-order valence-electron chi connectivity index (χ1n) is 9.16. The maximum Gasteiger partial charge on any atom is 0.317 e. The third-order valence-electron chi connectivity index (χ3n) is 4.90. The van der Waals surface area contributed by atoms with Gasteiger partial charge in [-0.05, 0) is 39.2 Å². The number of carbonyl (C=O) groups excluding carboxylic acids is 2. The minimum atomic E-state index is -0.0769. The summed E-state index contributed by atoms with van der Waals surface area (Å²) < 4.78 is 0. The number of piperidine rings is 1. The van der Waals surface area contributed by atoms with Gasteiger partial charge in [-0.3, -0.25) is 4.79 Å². The van der Waals surface area contributed by atoms with Crippen molar-refractivity contribution in [2.45, 2.75) is 64.5 Å². The van der Waals surface area contributed by atoms with Crippen molar-refractivity contribution in [3.8, 4) is 0 Å². The summed E-state index contributed by atoms with van der Waals surface area (Å²) in [6.07, 6.45) is 6.37. The molecule has 1 saturated carbocycles. The number of nitrogens with one attached hydrogen (secondary N) is 3. The monoisotopic (exact) mass is 324 g/mol. The van der Waals surface area contributed by atoms with Crippen LogP contribution in [0.2, 0.25) is 0 Å². The van der Waals surface area contributed by atoms with Crippen molar-refractivity contribution in [3.63, 3.8) is 0 Å². The van der Waals surface area contributed by atoms with Crippen LogP contribution in [0.5, 0.6) is 0 Å². The van der Waals surface area contributed by atoms with Gasteiger partial charge in [-0.1, -0.05) is 19.8 Å². The zero-order chi connectivity index (χ0) is 16.7. The molecule has 3 N–H and O–H groups in total. The molecule has 2 atom stereocenters. The molecule has 0 radical (unpaired) electrons. The maximum absolute atomic E-state index is 12.3. The van der Waals surface area contributed by atoms with Crippen LogP contribution in [0.1, 0.15) is 52.4 Å². The molecule has 2 fully saturated rings. The van der Waals surface area contributed by atoms with Crippen LogP contribution in [0.25, 0.3) is 0 Å². The van der Waals surface area contributed by atoms with Gasteiger partial charge in [0.05, 0.1) is 5.92 Å². The van der Waals surface area contributed by atoms with Crippen LogP contribution in [-0.2, 0) is 4.79 Å². The summed E-state index contributed by atoms with van der Waals surface area (Å²) in [5.74, 6) is 0.0000223. The lowest BCUT2D eigenvalue weighted by molar-refractivity contribution is -0.126. The van der Waals surface area contributed by atoms with Crippen LogP contribution in [0.15, 0.2) is 0 Å². The van der Waals surface area contributed by atoms with Gasteiger partial charge in [-0.25, -0.2) is 4.79 Å². The van der Waals surface area contributed by atoms with Crippen LogP contribution < -0.4 is 16.0 Å². The largest absolute Gasteiger partial charge is 0.354 e. The molecule has 2 rings (SSSR count). The average molecular weight is 324 g/mol. The number of nitrogens with zero attached hydrogens (tertiary/aromatic N) is 1. The Bertz CT molecular complexity index is 396. The molecule has 6 heteroatoms. The second kappa shape index (κ2) is 9.11. The quantitative estimate of drug-likeness (QED) is 0.692. The SMILES string of the molecule is CCN[C@H](C)CNC(=O)C1CCCN(C(=O)NC2CCCC2)C1. The van der Waals surface area contributed by atoms with Crippen molar-refractivity contribution in [1.82, 2.24) is 20.9 Å². The molecule has 1 aliphatic carbocycles. The van der Waals surface area contributed by atoms with E-state index in [0.717, 1.165) is 38.8 Å². The lowest BCUT2D eigenvalue weighted by Crippen LogP contribution is -2.51. The lowest BCUT2D eigenvalue weighted by atomic mass is 9.97. The van der Waals surface area contributed by atoms with Gasteiger partial charge in [0, 0.05) is 31.7 Å². The van der Waals surface area contributed by atoms with E-state index in [9.17, 15) is 9.59 Å². The van der Waals surface area contributed by atoms with Crippen molar-refractivity contribution >= 4 is 11.9 Å². The highest BCUT2D eigenvalue weighted by molar-refractivity contribution is 5.81. The molecule has 0 spiro atoms. The van der Waals surface area contributed by atoms with E-state index < -0.39 is 0 Å². The van der Waals surface area contributed by atoms with Crippen molar-refractivity contribution in [2.75, 3.05) is 26.2 Å². The van der Waals surface area contributed by atoms with E-state index in [2.05, 4.69) is 29.8 Å². The van der Waals surface area contributed by atoms with Crippen LogP contribution in [0, 0.1) is 5.92 Å². The van der Waals surface area contributed by atoms with Crippen molar-refractivity contribution in [2.24, 2.45) is 5.92 Å². The number of carbonyl (C=O) groups is 2. The first kappa shape index (κ1) is 18.0. The Morgan fingerprint density at radius 1 is 1.17 bits per heavy atom.